The molecule has 3 heteroatoms. The Morgan fingerprint density at radius 2 is 1.21 bits per heavy atom. The highest BCUT2D eigenvalue weighted by molar-refractivity contribution is 5.80. The van der Waals surface area contributed by atoms with Gasteiger partial charge >= 0.3 is 0 Å². The van der Waals surface area contributed by atoms with Crippen LogP contribution in [0.4, 0.5) is 0 Å². The monoisotopic (exact) mass is 444 g/mol. The summed E-state index contributed by atoms with van der Waals surface area (Å²) in [5.74, 6) is 0.509. The fourth-order valence-corrected chi connectivity index (χ4v) is 2.96. The molecule has 0 amide bonds. The van der Waals surface area contributed by atoms with E-state index >= 15 is 0 Å². The predicted molar refractivity (Wildman–Crippen MR) is 138 cm³/mol. The summed E-state index contributed by atoms with van der Waals surface area (Å²) < 4.78 is 0. The molecule has 0 aliphatic heterocycles. The van der Waals surface area contributed by atoms with Gasteiger partial charge in [0.2, 0.25) is 0 Å². The van der Waals surface area contributed by atoms with Crippen LogP contribution < -0.4 is 0 Å². The molecule has 33 heavy (non-hydrogen) atoms. The number of rotatable bonds is 8. The van der Waals surface area contributed by atoms with Gasteiger partial charge in [-0.15, -0.1) is 0 Å². The van der Waals surface area contributed by atoms with Crippen molar-refractivity contribution in [2.45, 2.75) is 33.6 Å². The summed E-state index contributed by atoms with van der Waals surface area (Å²) in [5.41, 5.74) is 4.34. The molecular weight excluding hydrogens is 408 g/mol. The van der Waals surface area contributed by atoms with E-state index in [2.05, 4.69) is 12.1 Å². The van der Waals surface area contributed by atoms with Crippen LogP contribution in [-0.4, -0.2) is 24.3 Å². The van der Waals surface area contributed by atoms with Gasteiger partial charge in [0.25, 0.3) is 0 Å². The Hall–Kier alpha value is -3.30. The van der Waals surface area contributed by atoms with Gasteiger partial charge in [-0.05, 0) is 54.0 Å². The first kappa shape index (κ1) is 27.7. The van der Waals surface area contributed by atoms with E-state index in [1.807, 2.05) is 98.8 Å². The minimum atomic E-state index is 0.136. The van der Waals surface area contributed by atoms with E-state index in [1.54, 1.807) is 6.92 Å². The van der Waals surface area contributed by atoms with Crippen molar-refractivity contribution in [1.29, 1.82) is 0 Å². The Kier molecular flexibility index (Phi) is 14.5. The van der Waals surface area contributed by atoms with Crippen molar-refractivity contribution in [2.75, 3.05) is 6.61 Å². The summed E-state index contributed by atoms with van der Waals surface area (Å²) in [6, 6.07) is 30.1. The molecule has 0 radical (unpaired) electrons. The molecule has 2 unspecified atom stereocenters. The number of aldehydes is 2. The highest BCUT2D eigenvalue weighted by Gasteiger charge is 2.00. The quantitative estimate of drug-likeness (QED) is 0.332. The number of carbonyl (C=O) groups excluding carboxylic acids is 2. The normalized spacial score (nSPS) is 12.2. The number of benzene rings is 3. The second kappa shape index (κ2) is 17.3. The van der Waals surface area contributed by atoms with E-state index in [0.717, 1.165) is 36.6 Å². The summed E-state index contributed by atoms with van der Waals surface area (Å²) in [6.45, 7) is 6.04. The van der Waals surface area contributed by atoms with E-state index in [-0.39, 0.29) is 12.5 Å². The van der Waals surface area contributed by atoms with Crippen molar-refractivity contribution in [2.24, 2.45) is 11.8 Å². The van der Waals surface area contributed by atoms with Gasteiger partial charge in [0, 0.05) is 12.5 Å². The Labute approximate surface area is 198 Å². The second-order valence-electron chi connectivity index (χ2n) is 8.20. The van der Waals surface area contributed by atoms with Crippen LogP contribution in [0.3, 0.4) is 0 Å². The minimum Gasteiger partial charge on any atom is -0.396 e. The maximum absolute atomic E-state index is 10.3. The molecule has 2 atom stereocenters. The first-order valence-electron chi connectivity index (χ1n) is 11.3. The van der Waals surface area contributed by atoms with Crippen molar-refractivity contribution in [3.8, 4) is 0 Å². The fraction of sp³-hybridized carbons (Fsp3) is 0.267. The molecule has 3 rings (SSSR count). The van der Waals surface area contributed by atoms with Crippen LogP contribution in [0, 0.1) is 11.8 Å². The Balaban J connectivity index is 0.000000247. The summed E-state index contributed by atoms with van der Waals surface area (Å²) in [5, 5.41) is 8.80. The van der Waals surface area contributed by atoms with Crippen LogP contribution in [-0.2, 0) is 22.4 Å². The molecule has 3 aromatic carbocycles. The molecule has 174 valence electrons. The van der Waals surface area contributed by atoms with E-state index in [9.17, 15) is 9.59 Å². The molecule has 0 saturated carbocycles. The van der Waals surface area contributed by atoms with E-state index < -0.39 is 0 Å². The van der Waals surface area contributed by atoms with Gasteiger partial charge in [-0.2, -0.15) is 0 Å². The van der Waals surface area contributed by atoms with Crippen LogP contribution in [0.25, 0.3) is 6.08 Å². The van der Waals surface area contributed by atoms with Crippen molar-refractivity contribution >= 4 is 18.6 Å². The largest absolute Gasteiger partial charge is 0.396 e. The highest BCUT2D eigenvalue weighted by atomic mass is 16.3. The third kappa shape index (κ3) is 13.7. The lowest BCUT2D eigenvalue weighted by Crippen LogP contribution is -2.03. The van der Waals surface area contributed by atoms with Gasteiger partial charge in [0.1, 0.15) is 12.6 Å². The van der Waals surface area contributed by atoms with Gasteiger partial charge in [-0.25, -0.2) is 0 Å². The average molecular weight is 445 g/mol. The van der Waals surface area contributed by atoms with Crippen LogP contribution in [0.5, 0.6) is 0 Å². The van der Waals surface area contributed by atoms with Crippen LogP contribution >= 0.6 is 0 Å². The molecule has 3 aromatic rings. The van der Waals surface area contributed by atoms with Gasteiger partial charge in [0.15, 0.2) is 0 Å². The zero-order valence-corrected chi connectivity index (χ0v) is 19.9. The summed E-state index contributed by atoms with van der Waals surface area (Å²) in [4.78, 5) is 20.6. The third-order valence-electron chi connectivity index (χ3n) is 4.75. The highest BCUT2D eigenvalue weighted by Crippen LogP contribution is 2.07. The maximum Gasteiger partial charge on any atom is 0.145 e. The second-order valence-corrected chi connectivity index (χ2v) is 8.20. The molecule has 0 saturated heterocycles. The molecular formula is C30H36O3. The van der Waals surface area contributed by atoms with Gasteiger partial charge in [-0.1, -0.05) is 105 Å². The molecule has 0 aliphatic rings. The molecule has 0 spiro atoms. The zero-order valence-electron chi connectivity index (χ0n) is 19.9. The van der Waals surface area contributed by atoms with Gasteiger partial charge in [-0.3, -0.25) is 4.79 Å². The maximum atomic E-state index is 10.3. The SMILES string of the molecule is C/C(C=O)=C\c1ccccc1.CC(C=O)Cc1ccccc1.CC(CO)Cc1ccccc1. The van der Waals surface area contributed by atoms with Crippen molar-refractivity contribution in [3.63, 3.8) is 0 Å². The van der Waals surface area contributed by atoms with Crippen LogP contribution in [0.1, 0.15) is 37.5 Å². The van der Waals surface area contributed by atoms with E-state index in [1.165, 1.54) is 11.1 Å². The molecule has 0 fully saturated rings. The van der Waals surface area contributed by atoms with Gasteiger partial charge in [0.05, 0.1) is 0 Å². The lowest BCUT2D eigenvalue weighted by Gasteiger charge is -2.06. The fourth-order valence-electron chi connectivity index (χ4n) is 2.96. The summed E-state index contributed by atoms with van der Waals surface area (Å²) in [7, 11) is 0. The van der Waals surface area contributed by atoms with Crippen molar-refractivity contribution in [3.05, 3.63) is 113 Å². The first-order valence-corrected chi connectivity index (χ1v) is 11.3. The van der Waals surface area contributed by atoms with Crippen molar-refractivity contribution < 1.29 is 14.7 Å². The topological polar surface area (TPSA) is 54.4 Å². The number of carbonyl (C=O) groups is 2. The predicted octanol–water partition coefficient (Wildman–Crippen LogP) is 6.21. The number of hydrogen-bond donors (Lipinski definition) is 1. The van der Waals surface area contributed by atoms with E-state index in [4.69, 9.17) is 5.11 Å². The average Bonchev–Trinajstić information content (AvgIpc) is 2.86. The lowest BCUT2D eigenvalue weighted by molar-refractivity contribution is -0.110. The first-order chi connectivity index (χ1) is 16.0. The molecule has 1 N–H and O–H groups in total. The van der Waals surface area contributed by atoms with Crippen molar-refractivity contribution in [1.82, 2.24) is 0 Å². The third-order valence-corrected chi connectivity index (χ3v) is 4.75. The minimum absolute atomic E-state index is 0.136. The number of aliphatic hydroxyl groups is 1. The Morgan fingerprint density at radius 3 is 1.64 bits per heavy atom. The Morgan fingerprint density at radius 1 is 0.758 bits per heavy atom. The zero-order chi connectivity index (χ0) is 24.3. The van der Waals surface area contributed by atoms with E-state index in [0.29, 0.717) is 5.92 Å². The summed E-state index contributed by atoms with van der Waals surface area (Å²) >= 11 is 0. The lowest BCUT2D eigenvalue weighted by atomic mass is 10.0. The number of hydrogen-bond acceptors (Lipinski definition) is 3. The molecule has 0 bridgehead atoms. The Bertz CT molecular complexity index is 919. The number of aliphatic hydroxyl groups excluding tert-OH is 1. The van der Waals surface area contributed by atoms with Crippen LogP contribution in [0.15, 0.2) is 96.6 Å². The smallest absolute Gasteiger partial charge is 0.145 e. The molecule has 3 nitrogen and oxygen atoms in total. The van der Waals surface area contributed by atoms with Gasteiger partial charge < -0.3 is 9.90 Å². The molecule has 0 aromatic heterocycles. The number of allylic oxidation sites excluding steroid dienone is 1. The van der Waals surface area contributed by atoms with Crippen LogP contribution in [0.2, 0.25) is 0 Å². The summed E-state index contributed by atoms with van der Waals surface area (Å²) in [6.07, 6.45) is 5.52. The standard InChI is InChI=1S/C10H14O.C10H12O.C10H10O/c3*1-9(8-11)7-10-5-3-2-4-6-10/h2-6,9,11H,7-8H2,1H3;2-6,8-9H,7H2,1H3;2-8H,1H3/b;;9-7+. The molecule has 0 heterocycles. The molecule has 0 aliphatic carbocycles.